The smallest absolute Gasteiger partial charge is 0.317 e. The summed E-state index contributed by atoms with van der Waals surface area (Å²) in [6.07, 6.45) is 2.48. The fourth-order valence-corrected chi connectivity index (χ4v) is 4.17. The molecule has 1 heterocycles. The number of hydrogen-bond donors (Lipinski definition) is 2. The fraction of sp³-hybridized carbons (Fsp3) is 0.333. The van der Waals surface area contributed by atoms with Crippen LogP contribution in [0.1, 0.15) is 48.6 Å². The van der Waals surface area contributed by atoms with Crippen LogP contribution in [0.2, 0.25) is 0 Å². The van der Waals surface area contributed by atoms with Gasteiger partial charge >= 0.3 is 5.97 Å². The molecule has 1 aliphatic carbocycles. The molecule has 0 saturated carbocycles. The first-order valence-electron chi connectivity index (χ1n) is 10.4. The van der Waals surface area contributed by atoms with Crippen LogP contribution >= 0.6 is 0 Å². The summed E-state index contributed by atoms with van der Waals surface area (Å²) < 4.78 is 5.53. The topological polar surface area (TPSA) is 112 Å². The quantitative estimate of drug-likeness (QED) is 0.595. The standard InChI is InChI=1S/C24H24N4O3/c1-14(2)10-15-6-7-16(11-17(15)12-25)24-27-23(28-31-24)20-5-3-4-19-18(20)8-9-21(19)26-13-22(29)30/h3-7,11,14,21,26H,8-10,13H2,1-2H3,(H,29,30). The number of aliphatic carboxylic acids is 1. The molecule has 1 aromatic heterocycles. The van der Waals surface area contributed by atoms with Gasteiger partial charge in [0.15, 0.2) is 0 Å². The van der Waals surface area contributed by atoms with Crippen molar-refractivity contribution in [2.75, 3.05) is 6.54 Å². The van der Waals surface area contributed by atoms with Gasteiger partial charge in [-0.3, -0.25) is 4.79 Å². The van der Waals surface area contributed by atoms with Gasteiger partial charge in [-0.1, -0.05) is 43.3 Å². The van der Waals surface area contributed by atoms with Gasteiger partial charge < -0.3 is 14.9 Å². The number of nitrogens with zero attached hydrogens (tertiary/aromatic N) is 3. The number of nitrogens with one attached hydrogen (secondary N) is 1. The monoisotopic (exact) mass is 416 g/mol. The number of carbonyl (C=O) groups is 1. The van der Waals surface area contributed by atoms with Crippen molar-refractivity contribution < 1.29 is 14.4 Å². The van der Waals surface area contributed by atoms with Crippen LogP contribution in [0.4, 0.5) is 0 Å². The van der Waals surface area contributed by atoms with E-state index >= 15 is 0 Å². The zero-order chi connectivity index (χ0) is 22.0. The average Bonchev–Trinajstić information content (AvgIpc) is 3.39. The molecule has 1 unspecified atom stereocenters. The molecule has 158 valence electrons. The Bertz CT molecular complexity index is 1160. The first-order valence-corrected chi connectivity index (χ1v) is 10.4. The molecule has 3 aromatic rings. The predicted molar refractivity (Wildman–Crippen MR) is 115 cm³/mol. The Balaban J connectivity index is 1.62. The lowest BCUT2D eigenvalue weighted by Crippen LogP contribution is -2.25. The number of rotatable bonds is 7. The fourth-order valence-electron chi connectivity index (χ4n) is 4.17. The van der Waals surface area contributed by atoms with Gasteiger partial charge in [0.05, 0.1) is 18.2 Å². The summed E-state index contributed by atoms with van der Waals surface area (Å²) in [5.41, 5.74) is 5.44. The van der Waals surface area contributed by atoms with Crippen molar-refractivity contribution in [2.24, 2.45) is 5.92 Å². The molecular formula is C24H24N4O3. The SMILES string of the molecule is CC(C)Cc1ccc(-c2nc(-c3cccc4c3CCC4NCC(=O)O)no2)cc1C#N. The lowest BCUT2D eigenvalue weighted by molar-refractivity contribution is -0.136. The van der Waals surface area contributed by atoms with Crippen LogP contribution in [0.15, 0.2) is 40.9 Å². The number of fused-ring (bicyclic) bond motifs is 1. The van der Waals surface area contributed by atoms with Crippen molar-refractivity contribution >= 4 is 5.97 Å². The number of aromatic nitrogens is 2. The van der Waals surface area contributed by atoms with Crippen molar-refractivity contribution in [2.45, 2.75) is 39.2 Å². The number of nitriles is 1. The van der Waals surface area contributed by atoms with E-state index in [1.54, 1.807) is 6.07 Å². The lowest BCUT2D eigenvalue weighted by atomic mass is 9.97. The highest BCUT2D eigenvalue weighted by Gasteiger charge is 2.26. The maximum absolute atomic E-state index is 10.9. The maximum atomic E-state index is 10.9. The lowest BCUT2D eigenvalue weighted by Gasteiger charge is -2.12. The van der Waals surface area contributed by atoms with Crippen molar-refractivity contribution in [1.82, 2.24) is 15.5 Å². The summed E-state index contributed by atoms with van der Waals surface area (Å²) in [4.78, 5) is 15.5. The predicted octanol–water partition coefficient (Wildman–Crippen LogP) is 4.14. The zero-order valence-corrected chi connectivity index (χ0v) is 17.6. The second kappa shape index (κ2) is 8.70. The van der Waals surface area contributed by atoms with E-state index in [4.69, 9.17) is 9.63 Å². The zero-order valence-electron chi connectivity index (χ0n) is 17.6. The summed E-state index contributed by atoms with van der Waals surface area (Å²) in [7, 11) is 0. The minimum atomic E-state index is -0.872. The summed E-state index contributed by atoms with van der Waals surface area (Å²) in [6.45, 7) is 4.17. The molecule has 0 aliphatic heterocycles. The van der Waals surface area contributed by atoms with Gasteiger partial charge in [-0.2, -0.15) is 10.2 Å². The van der Waals surface area contributed by atoms with Gasteiger partial charge in [-0.25, -0.2) is 0 Å². The highest BCUT2D eigenvalue weighted by molar-refractivity contribution is 5.70. The molecule has 31 heavy (non-hydrogen) atoms. The first kappa shape index (κ1) is 20.8. The van der Waals surface area contributed by atoms with Crippen molar-refractivity contribution in [3.63, 3.8) is 0 Å². The normalized spacial score (nSPS) is 15.1. The maximum Gasteiger partial charge on any atom is 0.317 e. The Morgan fingerprint density at radius 1 is 1.35 bits per heavy atom. The second-order valence-electron chi connectivity index (χ2n) is 8.24. The molecule has 0 amide bonds. The molecule has 1 atom stereocenters. The molecule has 0 saturated heterocycles. The minimum absolute atomic E-state index is 0.00381. The third kappa shape index (κ3) is 4.35. The Kier molecular flexibility index (Phi) is 5.83. The van der Waals surface area contributed by atoms with E-state index in [1.165, 1.54) is 0 Å². The Morgan fingerprint density at radius 3 is 2.94 bits per heavy atom. The van der Waals surface area contributed by atoms with Crippen molar-refractivity contribution in [1.29, 1.82) is 5.26 Å². The molecule has 0 bridgehead atoms. The van der Waals surface area contributed by atoms with Crippen LogP contribution in [0.25, 0.3) is 22.8 Å². The second-order valence-corrected chi connectivity index (χ2v) is 8.24. The Hall–Kier alpha value is -3.50. The molecule has 2 aromatic carbocycles. The van der Waals surface area contributed by atoms with Gasteiger partial charge in [0.2, 0.25) is 5.82 Å². The molecule has 0 fully saturated rings. The summed E-state index contributed by atoms with van der Waals surface area (Å²) in [6, 6.07) is 13.8. The third-order valence-electron chi connectivity index (χ3n) is 5.54. The van der Waals surface area contributed by atoms with E-state index in [1.807, 2.05) is 30.3 Å². The summed E-state index contributed by atoms with van der Waals surface area (Å²) in [5.74, 6) is 0.458. The number of carboxylic acid groups (broad SMARTS) is 1. The van der Waals surface area contributed by atoms with Crippen molar-refractivity contribution in [3.05, 3.63) is 58.7 Å². The van der Waals surface area contributed by atoms with E-state index in [9.17, 15) is 10.1 Å². The van der Waals surface area contributed by atoms with E-state index in [2.05, 4.69) is 35.4 Å². The van der Waals surface area contributed by atoms with E-state index in [0.29, 0.717) is 23.2 Å². The first-order chi connectivity index (χ1) is 15.0. The molecule has 7 nitrogen and oxygen atoms in total. The number of hydrogen-bond acceptors (Lipinski definition) is 6. The Morgan fingerprint density at radius 2 is 2.19 bits per heavy atom. The number of carboxylic acids is 1. The van der Waals surface area contributed by atoms with Crippen LogP contribution in [0.3, 0.4) is 0 Å². The summed E-state index contributed by atoms with van der Waals surface area (Å²) in [5, 5.41) is 25.7. The van der Waals surface area contributed by atoms with Gasteiger partial charge in [-0.15, -0.1) is 0 Å². The van der Waals surface area contributed by atoms with Gasteiger partial charge in [0.25, 0.3) is 5.89 Å². The van der Waals surface area contributed by atoms with Gasteiger partial charge in [0, 0.05) is 17.2 Å². The van der Waals surface area contributed by atoms with Gasteiger partial charge in [-0.05, 0) is 54.0 Å². The molecule has 2 N–H and O–H groups in total. The molecule has 1 aliphatic rings. The third-order valence-corrected chi connectivity index (χ3v) is 5.54. The van der Waals surface area contributed by atoms with Crippen LogP contribution in [-0.2, 0) is 17.6 Å². The van der Waals surface area contributed by atoms with Crippen LogP contribution in [0, 0.1) is 17.2 Å². The van der Waals surface area contributed by atoms with Crippen LogP contribution in [0.5, 0.6) is 0 Å². The minimum Gasteiger partial charge on any atom is -0.480 e. The van der Waals surface area contributed by atoms with Crippen LogP contribution < -0.4 is 5.32 Å². The number of benzene rings is 2. The molecular weight excluding hydrogens is 392 g/mol. The van der Waals surface area contributed by atoms with Gasteiger partial charge in [0.1, 0.15) is 0 Å². The largest absolute Gasteiger partial charge is 0.480 e. The Labute approximate surface area is 180 Å². The average molecular weight is 416 g/mol. The van der Waals surface area contributed by atoms with E-state index in [-0.39, 0.29) is 12.6 Å². The summed E-state index contributed by atoms with van der Waals surface area (Å²) >= 11 is 0. The highest BCUT2D eigenvalue weighted by Crippen LogP contribution is 2.37. The van der Waals surface area contributed by atoms with Crippen molar-refractivity contribution in [3.8, 4) is 28.9 Å². The molecule has 7 heteroatoms. The van der Waals surface area contributed by atoms with E-state index < -0.39 is 5.97 Å². The molecule has 0 radical (unpaired) electrons. The molecule has 0 spiro atoms. The van der Waals surface area contributed by atoms with Crippen LogP contribution in [-0.4, -0.2) is 27.8 Å². The molecule has 4 rings (SSSR count). The van der Waals surface area contributed by atoms with E-state index in [0.717, 1.165) is 47.1 Å². The highest BCUT2D eigenvalue weighted by atomic mass is 16.5.